The van der Waals surface area contributed by atoms with Crippen molar-refractivity contribution in [3.8, 4) is 0 Å². The van der Waals surface area contributed by atoms with Gasteiger partial charge in [0.1, 0.15) is 0 Å². The maximum atomic E-state index is 12.0. The van der Waals surface area contributed by atoms with E-state index >= 15 is 0 Å². The molecule has 0 saturated heterocycles. The van der Waals surface area contributed by atoms with Crippen LogP contribution in [0.4, 0.5) is 0 Å². The van der Waals surface area contributed by atoms with Crippen LogP contribution in [0, 0.1) is 13.8 Å². The summed E-state index contributed by atoms with van der Waals surface area (Å²) in [5.74, 6) is 0.909. The zero-order valence-corrected chi connectivity index (χ0v) is 10.2. The first kappa shape index (κ1) is 11.2. The van der Waals surface area contributed by atoms with Crippen molar-refractivity contribution in [2.24, 2.45) is 4.99 Å². The smallest absolute Gasteiger partial charge is 0.257 e. The predicted molar refractivity (Wildman–Crippen MR) is 68.1 cm³/mol. The molecule has 1 heterocycles. The van der Waals surface area contributed by atoms with Crippen LogP contribution >= 0.6 is 11.8 Å². The van der Waals surface area contributed by atoms with Gasteiger partial charge in [0.05, 0.1) is 6.54 Å². The molecule has 2 rings (SSSR count). The van der Waals surface area contributed by atoms with Gasteiger partial charge in [0.25, 0.3) is 5.91 Å². The number of aliphatic imine (C=N–C) groups is 1. The molecule has 1 N–H and O–H groups in total. The number of nitrogens with one attached hydrogen (secondary N) is 1. The molecule has 1 aliphatic rings. The molecule has 84 valence electrons. The van der Waals surface area contributed by atoms with Crippen LogP contribution < -0.4 is 5.32 Å². The summed E-state index contributed by atoms with van der Waals surface area (Å²) in [4.78, 5) is 16.2. The third kappa shape index (κ3) is 2.27. The Morgan fingerprint density at radius 3 is 2.62 bits per heavy atom. The van der Waals surface area contributed by atoms with E-state index in [1.54, 1.807) is 11.8 Å². The number of hydrogen-bond donors (Lipinski definition) is 1. The minimum atomic E-state index is -0.0521. The standard InChI is InChI=1S/C12H14N2OS/c1-8-4-3-5-9(2)10(8)11(15)14-12-13-6-7-16-12/h3-5H,6-7H2,1-2H3,(H,13,14,15). The summed E-state index contributed by atoms with van der Waals surface area (Å²) in [6.07, 6.45) is 0. The van der Waals surface area contributed by atoms with Crippen LogP contribution in [0.25, 0.3) is 0 Å². The highest BCUT2D eigenvalue weighted by molar-refractivity contribution is 8.14. The molecule has 0 saturated carbocycles. The Morgan fingerprint density at radius 1 is 1.38 bits per heavy atom. The topological polar surface area (TPSA) is 41.5 Å². The summed E-state index contributed by atoms with van der Waals surface area (Å²) in [5.41, 5.74) is 2.76. The number of amides is 1. The summed E-state index contributed by atoms with van der Waals surface area (Å²) in [6, 6.07) is 5.86. The van der Waals surface area contributed by atoms with Gasteiger partial charge in [-0.2, -0.15) is 0 Å². The minimum absolute atomic E-state index is 0.0521. The molecule has 0 radical (unpaired) electrons. The number of amidine groups is 1. The largest absolute Gasteiger partial charge is 0.301 e. The molecule has 0 bridgehead atoms. The Kier molecular flexibility index (Phi) is 3.29. The van der Waals surface area contributed by atoms with Crippen LogP contribution in [0.3, 0.4) is 0 Å². The molecule has 1 aliphatic heterocycles. The van der Waals surface area contributed by atoms with E-state index in [2.05, 4.69) is 10.3 Å². The number of nitrogens with zero attached hydrogens (tertiary/aromatic N) is 1. The number of benzene rings is 1. The van der Waals surface area contributed by atoms with E-state index in [-0.39, 0.29) is 5.91 Å². The van der Waals surface area contributed by atoms with Crippen LogP contribution in [0.2, 0.25) is 0 Å². The van der Waals surface area contributed by atoms with Gasteiger partial charge in [0.15, 0.2) is 5.17 Å². The number of carbonyl (C=O) groups is 1. The molecule has 4 heteroatoms. The third-order valence-corrected chi connectivity index (χ3v) is 3.41. The zero-order chi connectivity index (χ0) is 11.5. The lowest BCUT2D eigenvalue weighted by molar-refractivity contribution is 0.0977. The molecule has 0 aliphatic carbocycles. The maximum absolute atomic E-state index is 12.0. The summed E-state index contributed by atoms with van der Waals surface area (Å²) < 4.78 is 0. The van der Waals surface area contributed by atoms with Crippen molar-refractivity contribution in [1.29, 1.82) is 0 Å². The van der Waals surface area contributed by atoms with Crippen molar-refractivity contribution in [3.63, 3.8) is 0 Å². The second-order valence-electron chi connectivity index (χ2n) is 3.76. The Labute approximate surface area is 99.3 Å². The zero-order valence-electron chi connectivity index (χ0n) is 9.41. The summed E-state index contributed by atoms with van der Waals surface area (Å²) in [6.45, 7) is 4.70. The van der Waals surface area contributed by atoms with Gasteiger partial charge >= 0.3 is 0 Å². The van der Waals surface area contributed by atoms with E-state index < -0.39 is 0 Å². The Balaban J connectivity index is 2.20. The van der Waals surface area contributed by atoms with Crippen LogP contribution in [0.1, 0.15) is 21.5 Å². The number of carbonyl (C=O) groups excluding carboxylic acids is 1. The molecule has 3 nitrogen and oxygen atoms in total. The number of thioether (sulfide) groups is 1. The predicted octanol–water partition coefficient (Wildman–Crippen LogP) is 2.14. The highest BCUT2D eigenvalue weighted by Gasteiger charge is 2.15. The van der Waals surface area contributed by atoms with E-state index in [1.165, 1.54) is 0 Å². The van der Waals surface area contributed by atoms with Crippen molar-refractivity contribution in [1.82, 2.24) is 5.32 Å². The van der Waals surface area contributed by atoms with E-state index in [9.17, 15) is 4.79 Å². The van der Waals surface area contributed by atoms with E-state index in [4.69, 9.17) is 0 Å². The molecule has 16 heavy (non-hydrogen) atoms. The lowest BCUT2D eigenvalue weighted by atomic mass is 10.0. The van der Waals surface area contributed by atoms with Crippen LogP contribution in [0.5, 0.6) is 0 Å². The molecule has 0 unspecified atom stereocenters. The van der Waals surface area contributed by atoms with Gasteiger partial charge in [-0.15, -0.1) is 0 Å². The van der Waals surface area contributed by atoms with Crippen molar-refractivity contribution >= 4 is 22.8 Å². The average molecular weight is 234 g/mol. The summed E-state index contributed by atoms with van der Waals surface area (Å²) in [7, 11) is 0. The van der Waals surface area contributed by atoms with E-state index in [0.717, 1.165) is 34.2 Å². The van der Waals surface area contributed by atoms with Crippen molar-refractivity contribution in [2.75, 3.05) is 12.3 Å². The highest BCUT2D eigenvalue weighted by atomic mass is 32.2. The SMILES string of the molecule is Cc1cccc(C)c1C(=O)NC1=NCCS1. The third-order valence-electron chi connectivity index (χ3n) is 2.51. The maximum Gasteiger partial charge on any atom is 0.257 e. The van der Waals surface area contributed by atoms with Crippen LogP contribution in [0.15, 0.2) is 23.2 Å². The van der Waals surface area contributed by atoms with E-state index in [1.807, 2.05) is 32.0 Å². The number of hydrogen-bond acceptors (Lipinski definition) is 3. The van der Waals surface area contributed by atoms with Gasteiger partial charge in [-0.1, -0.05) is 30.0 Å². The number of rotatable bonds is 1. The minimum Gasteiger partial charge on any atom is -0.301 e. The van der Waals surface area contributed by atoms with Gasteiger partial charge in [-0.05, 0) is 25.0 Å². The molecule has 1 amide bonds. The van der Waals surface area contributed by atoms with Gasteiger partial charge in [0.2, 0.25) is 0 Å². The lowest BCUT2D eigenvalue weighted by Crippen LogP contribution is -2.28. The molecule has 1 aromatic rings. The lowest BCUT2D eigenvalue weighted by Gasteiger charge is -2.09. The van der Waals surface area contributed by atoms with Gasteiger partial charge in [0, 0.05) is 11.3 Å². The van der Waals surface area contributed by atoms with Crippen LogP contribution in [-0.4, -0.2) is 23.4 Å². The number of aryl methyl sites for hydroxylation is 2. The average Bonchev–Trinajstić information content (AvgIpc) is 2.70. The molecule has 0 atom stereocenters. The highest BCUT2D eigenvalue weighted by Crippen LogP contribution is 2.15. The van der Waals surface area contributed by atoms with Gasteiger partial charge < -0.3 is 5.32 Å². The molecule has 0 aromatic heterocycles. The Hall–Kier alpha value is -1.29. The van der Waals surface area contributed by atoms with Gasteiger partial charge in [-0.25, -0.2) is 0 Å². The fourth-order valence-electron chi connectivity index (χ4n) is 1.74. The monoisotopic (exact) mass is 234 g/mol. The van der Waals surface area contributed by atoms with E-state index in [0.29, 0.717) is 0 Å². The molecule has 0 fully saturated rings. The van der Waals surface area contributed by atoms with Crippen molar-refractivity contribution < 1.29 is 4.79 Å². The first-order valence-electron chi connectivity index (χ1n) is 5.23. The Bertz CT molecular complexity index is 434. The fourth-order valence-corrected chi connectivity index (χ4v) is 2.47. The first-order valence-corrected chi connectivity index (χ1v) is 6.22. The van der Waals surface area contributed by atoms with Crippen LogP contribution in [-0.2, 0) is 0 Å². The molecular formula is C12H14N2OS. The summed E-state index contributed by atoms with van der Waals surface area (Å²) >= 11 is 1.60. The molecule has 1 aromatic carbocycles. The first-order chi connectivity index (χ1) is 7.68. The quantitative estimate of drug-likeness (QED) is 0.808. The normalized spacial score (nSPS) is 14.8. The second-order valence-corrected chi connectivity index (χ2v) is 4.84. The second kappa shape index (κ2) is 4.70. The van der Waals surface area contributed by atoms with Crippen molar-refractivity contribution in [3.05, 3.63) is 34.9 Å². The summed E-state index contributed by atoms with van der Waals surface area (Å²) in [5, 5.41) is 3.59. The Morgan fingerprint density at radius 2 is 2.06 bits per heavy atom. The van der Waals surface area contributed by atoms with Gasteiger partial charge in [-0.3, -0.25) is 9.79 Å². The molecular weight excluding hydrogens is 220 g/mol. The molecule has 0 spiro atoms. The fraction of sp³-hybridized carbons (Fsp3) is 0.333. The van der Waals surface area contributed by atoms with Crippen molar-refractivity contribution in [2.45, 2.75) is 13.8 Å².